The molecule has 0 amide bonds. The molecule has 0 unspecified atom stereocenters. The molecule has 0 spiro atoms. The number of carbonyl (C=O) groups is 2. The molecule has 0 bridgehead atoms. The second-order valence-electron chi connectivity index (χ2n) is 9.75. The minimum Gasteiger partial charge on any atom is -0.390 e. The fourth-order valence-electron chi connectivity index (χ4n) is 7.13. The van der Waals surface area contributed by atoms with Crippen molar-refractivity contribution in [3.05, 3.63) is 23.8 Å². The van der Waals surface area contributed by atoms with Crippen LogP contribution in [0, 0.1) is 28.6 Å². The molecule has 0 radical (unpaired) electrons. The van der Waals surface area contributed by atoms with Crippen LogP contribution < -0.4 is 0 Å². The zero-order valence-electron chi connectivity index (χ0n) is 17.1. The Hall–Kier alpha value is -1.05. The highest BCUT2D eigenvalue weighted by molar-refractivity contribution is 8.13. The number of hydrogen-bond acceptors (Lipinski definition) is 5. The number of halogens is 2. The average Bonchev–Trinajstić information content (AvgIpc) is 2.86. The monoisotopic (exact) mass is 426 g/mol. The van der Waals surface area contributed by atoms with Crippen LogP contribution in [0.4, 0.5) is 8.78 Å². The largest absolute Gasteiger partial charge is 0.390 e. The Labute approximate surface area is 173 Å². The van der Waals surface area contributed by atoms with Crippen molar-refractivity contribution in [1.29, 1.82) is 0 Å². The third kappa shape index (κ3) is 2.27. The van der Waals surface area contributed by atoms with Crippen LogP contribution in [0.2, 0.25) is 0 Å². The first-order chi connectivity index (χ1) is 13.4. The molecule has 4 aliphatic carbocycles. The van der Waals surface area contributed by atoms with Gasteiger partial charge in [0.05, 0.1) is 6.10 Å². The van der Waals surface area contributed by atoms with Crippen LogP contribution >= 0.6 is 11.8 Å². The molecule has 160 valence electrons. The van der Waals surface area contributed by atoms with Crippen molar-refractivity contribution in [3.63, 3.8) is 0 Å². The van der Waals surface area contributed by atoms with Crippen molar-refractivity contribution in [2.45, 2.75) is 63.6 Å². The minimum atomic E-state index is -2.18. The molecule has 7 heteroatoms. The first kappa shape index (κ1) is 21.2. The Morgan fingerprint density at radius 3 is 2.55 bits per heavy atom. The maximum atomic E-state index is 16.9. The smallest absolute Gasteiger partial charge is 0.221 e. The fourth-order valence-corrected chi connectivity index (χ4v) is 7.88. The zero-order chi connectivity index (χ0) is 21.6. The van der Waals surface area contributed by atoms with E-state index in [2.05, 4.69) is 0 Å². The molecule has 4 aliphatic rings. The van der Waals surface area contributed by atoms with E-state index in [1.54, 1.807) is 27.0 Å². The van der Waals surface area contributed by atoms with Crippen molar-refractivity contribution in [1.82, 2.24) is 0 Å². The summed E-state index contributed by atoms with van der Waals surface area (Å²) in [5.41, 5.74) is -6.32. The lowest BCUT2D eigenvalue weighted by Gasteiger charge is -2.63. The van der Waals surface area contributed by atoms with Gasteiger partial charge in [0.1, 0.15) is 11.8 Å². The van der Waals surface area contributed by atoms with Crippen molar-refractivity contribution in [2.24, 2.45) is 28.6 Å². The average molecular weight is 427 g/mol. The second kappa shape index (κ2) is 6.24. The van der Waals surface area contributed by atoms with Gasteiger partial charge in [-0.15, -0.1) is 0 Å². The predicted octanol–water partition coefficient (Wildman–Crippen LogP) is 3.17. The van der Waals surface area contributed by atoms with Gasteiger partial charge in [-0.1, -0.05) is 31.7 Å². The van der Waals surface area contributed by atoms with Crippen LogP contribution in [0.5, 0.6) is 0 Å². The van der Waals surface area contributed by atoms with E-state index in [0.29, 0.717) is 6.42 Å². The van der Waals surface area contributed by atoms with Crippen molar-refractivity contribution in [2.75, 3.05) is 6.26 Å². The second-order valence-corrected chi connectivity index (χ2v) is 10.5. The maximum Gasteiger partial charge on any atom is 0.221 e. The molecule has 0 aromatic rings. The Balaban J connectivity index is 1.87. The van der Waals surface area contributed by atoms with Crippen LogP contribution in [0.25, 0.3) is 0 Å². The molecule has 2 N–H and O–H groups in total. The number of thioether (sulfide) groups is 1. The number of allylic oxidation sites excluding steroid dienone is 4. The molecule has 0 heterocycles. The topological polar surface area (TPSA) is 74.6 Å². The zero-order valence-corrected chi connectivity index (χ0v) is 17.9. The standard InChI is InChI=1S/C22H28F2O4S/c1-11-7-13-14-9-16(23)15-8-12(25)5-6-19(15,2)21(14,24)17(26)10-20(13,3)22(11,28)18(27)29-4/h5-6,8,11,13-14,16-17,26,28H,7,9-10H2,1-4H3/t11-,13+,14+,16+,17+,19+,20+,21+,22+/m1/s1. The number of hydrogen-bond donors (Lipinski definition) is 2. The van der Waals surface area contributed by atoms with Gasteiger partial charge >= 0.3 is 0 Å². The molecule has 9 atom stereocenters. The van der Waals surface area contributed by atoms with Gasteiger partial charge in [-0.05, 0) is 62.0 Å². The third-order valence-corrected chi connectivity index (χ3v) is 9.39. The summed E-state index contributed by atoms with van der Waals surface area (Å²) in [6.07, 6.45) is 2.49. The molecule has 0 aromatic carbocycles. The third-order valence-electron chi connectivity index (χ3n) is 8.71. The van der Waals surface area contributed by atoms with E-state index in [1.165, 1.54) is 12.2 Å². The summed E-state index contributed by atoms with van der Waals surface area (Å²) in [4.78, 5) is 24.6. The molecule has 3 fully saturated rings. The molecular formula is C22H28F2O4S. The van der Waals surface area contributed by atoms with E-state index in [9.17, 15) is 19.8 Å². The highest BCUT2D eigenvalue weighted by atomic mass is 32.2. The van der Waals surface area contributed by atoms with Gasteiger partial charge in [0, 0.05) is 16.7 Å². The van der Waals surface area contributed by atoms with Crippen LogP contribution in [0.1, 0.15) is 40.0 Å². The fraction of sp³-hybridized carbons (Fsp3) is 0.727. The lowest BCUT2D eigenvalue weighted by molar-refractivity contribution is -0.221. The van der Waals surface area contributed by atoms with Gasteiger partial charge in [-0.2, -0.15) is 0 Å². The van der Waals surface area contributed by atoms with Gasteiger partial charge in [-0.3, -0.25) is 9.59 Å². The number of aliphatic hydroxyl groups is 2. The highest BCUT2D eigenvalue weighted by Gasteiger charge is 2.76. The molecule has 3 saturated carbocycles. The number of ketones is 1. The normalized spacial score (nSPS) is 53.7. The first-order valence-corrected chi connectivity index (χ1v) is 11.4. The van der Waals surface area contributed by atoms with Crippen LogP contribution in [-0.4, -0.2) is 50.9 Å². The summed E-state index contributed by atoms with van der Waals surface area (Å²) in [6.45, 7) is 5.05. The summed E-state index contributed by atoms with van der Waals surface area (Å²) in [7, 11) is 0. The van der Waals surface area contributed by atoms with Crippen molar-refractivity contribution >= 4 is 22.7 Å². The van der Waals surface area contributed by atoms with E-state index < -0.39 is 57.2 Å². The number of aliphatic hydroxyl groups excluding tert-OH is 1. The van der Waals surface area contributed by atoms with E-state index >= 15 is 8.78 Å². The summed E-state index contributed by atoms with van der Waals surface area (Å²) in [5.74, 6) is -2.16. The van der Waals surface area contributed by atoms with Crippen LogP contribution in [-0.2, 0) is 9.59 Å². The molecule has 4 nitrogen and oxygen atoms in total. The number of rotatable bonds is 1. The number of carbonyl (C=O) groups excluding carboxylic acids is 2. The lowest BCUT2D eigenvalue weighted by Crippen LogP contribution is -2.70. The highest BCUT2D eigenvalue weighted by Crippen LogP contribution is 2.71. The Morgan fingerprint density at radius 2 is 1.93 bits per heavy atom. The molecule has 0 aromatic heterocycles. The van der Waals surface area contributed by atoms with Crippen molar-refractivity contribution < 1.29 is 28.6 Å². The molecule has 0 saturated heterocycles. The minimum absolute atomic E-state index is 0.0768. The Kier molecular flexibility index (Phi) is 4.56. The summed E-state index contributed by atoms with van der Waals surface area (Å²) in [6, 6.07) is 0. The van der Waals surface area contributed by atoms with E-state index in [4.69, 9.17) is 0 Å². The molecule has 29 heavy (non-hydrogen) atoms. The Morgan fingerprint density at radius 1 is 1.28 bits per heavy atom. The Bertz CT molecular complexity index is 843. The van der Waals surface area contributed by atoms with Crippen LogP contribution in [0.15, 0.2) is 23.8 Å². The molecule has 0 aliphatic heterocycles. The van der Waals surface area contributed by atoms with Crippen LogP contribution in [0.3, 0.4) is 0 Å². The summed E-state index contributed by atoms with van der Waals surface area (Å²) in [5, 5.41) is 22.2. The molecule has 4 rings (SSSR count). The van der Waals surface area contributed by atoms with Gasteiger partial charge < -0.3 is 10.2 Å². The molecular weight excluding hydrogens is 398 g/mol. The quantitative estimate of drug-likeness (QED) is 0.674. The first-order valence-electron chi connectivity index (χ1n) is 10.1. The lowest BCUT2D eigenvalue weighted by atomic mass is 9.44. The predicted molar refractivity (Wildman–Crippen MR) is 107 cm³/mol. The van der Waals surface area contributed by atoms with E-state index in [1.807, 2.05) is 0 Å². The van der Waals surface area contributed by atoms with Gasteiger partial charge in [-0.25, -0.2) is 8.78 Å². The summed E-state index contributed by atoms with van der Waals surface area (Å²) < 4.78 is 32.2. The summed E-state index contributed by atoms with van der Waals surface area (Å²) >= 11 is 0.931. The van der Waals surface area contributed by atoms with E-state index in [0.717, 1.165) is 17.8 Å². The van der Waals surface area contributed by atoms with Gasteiger partial charge in [0.25, 0.3) is 0 Å². The van der Waals surface area contributed by atoms with E-state index in [-0.39, 0.29) is 24.2 Å². The number of alkyl halides is 2. The van der Waals surface area contributed by atoms with Crippen molar-refractivity contribution in [3.8, 4) is 0 Å². The maximum absolute atomic E-state index is 16.9. The van der Waals surface area contributed by atoms with Gasteiger partial charge in [0.15, 0.2) is 11.5 Å². The van der Waals surface area contributed by atoms with Gasteiger partial charge in [0.2, 0.25) is 5.12 Å². The number of fused-ring (bicyclic) bond motifs is 5. The SMILES string of the molecule is CSC(=O)[C@@]1(O)[C@H](C)C[C@H]2[C@@H]3C[C@H](F)C4=CC(=O)C=C[C@]4(C)[C@@]3(F)[C@@H](O)C[C@@]21C.